The maximum Gasteiger partial charge on any atom is 0.291 e. The maximum atomic E-state index is 12.0. The van der Waals surface area contributed by atoms with Crippen LogP contribution in [0.5, 0.6) is 0 Å². The monoisotopic (exact) mass is 425 g/mol. The third-order valence-electron chi connectivity index (χ3n) is 4.29. The summed E-state index contributed by atoms with van der Waals surface area (Å²) in [6.45, 7) is 8.27. The van der Waals surface area contributed by atoms with Crippen LogP contribution >= 0.6 is 11.3 Å². The van der Waals surface area contributed by atoms with Crippen LogP contribution in [0.1, 0.15) is 53.5 Å². The molecule has 0 bridgehead atoms. The number of furan rings is 1. The average Bonchev–Trinajstić information content (AvgIpc) is 3.43. The van der Waals surface area contributed by atoms with Crippen LogP contribution in [-0.4, -0.2) is 23.4 Å². The van der Waals surface area contributed by atoms with Gasteiger partial charge in [-0.25, -0.2) is 9.98 Å². The normalized spacial score (nSPS) is 11.5. The average molecular weight is 426 g/mol. The molecule has 0 fully saturated rings. The quantitative estimate of drug-likeness (QED) is 0.368. The van der Waals surface area contributed by atoms with E-state index in [2.05, 4.69) is 45.2 Å². The van der Waals surface area contributed by atoms with Crippen LogP contribution in [-0.2, 0) is 13.1 Å². The zero-order valence-corrected chi connectivity index (χ0v) is 18.3. The Bertz CT molecular complexity index is 962. The van der Waals surface area contributed by atoms with Gasteiger partial charge in [0.25, 0.3) is 5.91 Å². The first-order chi connectivity index (χ1) is 14.5. The summed E-state index contributed by atoms with van der Waals surface area (Å²) in [5, 5.41) is 12.5. The summed E-state index contributed by atoms with van der Waals surface area (Å²) in [5.74, 6) is 1.19. The number of hydrogen-bond acceptors (Lipinski definition) is 5. The molecule has 8 heteroatoms. The summed E-state index contributed by atoms with van der Waals surface area (Å²) in [4.78, 5) is 21.3. The van der Waals surface area contributed by atoms with E-state index in [-0.39, 0.29) is 11.7 Å². The summed E-state index contributed by atoms with van der Waals surface area (Å²) in [5.41, 5.74) is 2.87. The first-order valence-corrected chi connectivity index (χ1v) is 10.8. The van der Waals surface area contributed by atoms with E-state index in [1.807, 2.05) is 31.2 Å². The Morgan fingerprint density at radius 1 is 1.20 bits per heavy atom. The van der Waals surface area contributed by atoms with Gasteiger partial charge in [-0.05, 0) is 42.7 Å². The lowest BCUT2D eigenvalue weighted by molar-refractivity contribution is 0.0996. The predicted octanol–water partition coefficient (Wildman–Crippen LogP) is 4.37. The van der Waals surface area contributed by atoms with Gasteiger partial charge in [0.1, 0.15) is 5.01 Å². The summed E-state index contributed by atoms with van der Waals surface area (Å²) >= 11 is 1.66. The van der Waals surface area contributed by atoms with Crippen molar-refractivity contribution in [1.29, 1.82) is 0 Å². The number of anilines is 1. The first-order valence-electron chi connectivity index (χ1n) is 9.95. The predicted molar refractivity (Wildman–Crippen MR) is 121 cm³/mol. The third-order valence-corrected chi connectivity index (χ3v) is 5.16. The van der Waals surface area contributed by atoms with Crippen molar-refractivity contribution in [2.45, 2.75) is 39.8 Å². The largest absolute Gasteiger partial charge is 0.459 e. The SMILES string of the molecule is CCNC(=NCc1ccc(NC(=O)c2ccco2)cc1)NCc1nc(C(C)C)cs1. The summed E-state index contributed by atoms with van der Waals surface area (Å²) in [6.07, 6.45) is 1.48. The summed E-state index contributed by atoms with van der Waals surface area (Å²) in [6, 6.07) is 10.9. The van der Waals surface area contributed by atoms with Crippen LogP contribution in [0.15, 0.2) is 57.5 Å². The molecule has 0 saturated carbocycles. The Hall–Kier alpha value is -3.13. The Morgan fingerprint density at radius 2 is 2.00 bits per heavy atom. The van der Waals surface area contributed by atoms with Crippen molar-refractivity contribution in [3.8, 4) is 0 Å². The summed E-state index contributed by atoms with van der Waals surface area (Å²) < 4.78 is 5.10. The topological polar surface area (TPSA) is 91.5 Å². The van der Waals surface area contributed by atoms with Crippen molar-refractivity contribution in [3.63, 3.8) is 0 Å². The molecule has 3 rings (SSSR count). The smallest absolute Gasteiger partial charge is 0.291 e. The van der Waals surface area contributed by atoms with E-state index in [0.717, 1.165) is 28.8 Å². The van der Waals surface area contributed by atoms with Gasteiger partial charge < -0.3 is 20.4 Å². The molecule has 0 aliphatic rings. The highest BCUT2D eigenvalue weighted by Crippen LogP contribution is 2.17. The number of aliphatic imine (C=N–C) groups is 1. The minimum atomic E-state index is -0.271. The number of guanidine groups is 1. The molecule has 2 heterocycles. The van der Waals surface area contributed by atoms with Crippen LogP contribution in [0.4, 0.5) is 5.69 Å². The van der Waals surface area contributed by atoms with Gasteiger partial charge in [0.05, 0.1) is 25.0 Å². The number of benzene rings is 1. The number of rotatable bonds is 8. The number of nitrogens with zero attached hydrogens (tertiary/aromatic N) is 2. The molecular formula is C22H27N5O2S. The molecule has 0 atom stereocenters. The van der Waals surface area contributed by atoms with E-state index < -0.39 is 0 Å². The standard InChI is InChI=1S/C22H27N5O2S/c1-4-23-22(25-13-20-27-18(14-30-20)15(2)3)24-12-16-7-9-17(10-8-16)26-21(28)19-6-5-11-29-19/h5-11,14-15H,4,12-13H2,1-3H3,(H,26,28)(H2,23,24,25). The summed E-state index contributed by atoms with van der Waals surface area (Å²) in [7, 11) is 0. The van der Waals surface area contributed by atoms with Crippen molar-refractivity contribution in [1.82, 2.24) is 15.6 Å². The van der Waals surface area contributed by atoms with E-state index >= 15 is 0 Å². The van der Waals surface area contributed by atoms with Crippen molar-refractivity contribution in [2.24, 2.45) is 4.99 Å². The van der Waals surface area contributed by atoms with Gasteiger partial charge in [0, 0.05) is 17.6 Å². The van der Waals surface area contributed by atoms with Crippen molar-refractivity contribution >= 4 is 28.9 Å². The van der Waals surface area contributed by atoms with E-state index in [1.165, 1.54) is 6.26 Å². The van der Waals surface area contributed by atoms with Gasteiger partial charge in [0.2, 0.25) is 0 Å². The fourth-order valence-electron chi connectivity index (χ4n) is 2.64. The van der Waals surface area contributed by atoms with E-state index in [0.29, 0.717) is 24.7 Å². The molecule has 158 valence electrons. The fourth-order valence-corrected chi connectivity index (χ4v) is 3.53. The molecule has 2 aromatic heterocycles. The Kier molecular flexibility index (Phi) is 7.62. The Balaban J connectivity index is 1.55. The number of hydrogen-bond donors (Lipinski definition) is 3. The van der Waals surface area contributed by atoms with Gasteiger partial charge >= 0.3 is 0 Å². The first kappa shape index (κ1) is 21.6. The number of amides is 1. The Labute approximate surface area is 180 Å². The van der Waals surface area contributed by atoms with Gasteiger partial charge in [-0.3, -0.25) is 4.79 Å². The Morgan fingerprint density at radius 3 is 2.63 bits per heavy atom. The number of nitrogens with one attached hydrogen (secondary N) is 3. The molecule has 0 aliphatic carbocycles. The van der Waals surface area contributed by atoms with E-state index in [1.54, 1.807) is 23.5 Å². The molecule has 0 aliphatic heterocycles. The third kappa shape index (κ3) is 6.18. The molecular weight excluding hydrogens is 398 g/mol. The van der Waals surface area contributed by atoms with Gasteiger partial charge in [0.15, 0.2) is 11.7 Å². The van der Waals surface area contributed by atoms with Gasteiger partial charge in [-0.2, -0.15) is 0 Å². The highest BCUT2D eigenvalue weighted by Gasteiger charge is 2.09. The number of aromatic nitrogens is 1. The molecule has 1 aromatic carbocycles. The highest BCUT2D eigenvalue weighted by molar-refractivity contribution is 7.09. The zero-order chi connectivity index (χ0) is 21.3. The second-order valence-electron chi connectivity index (χ2n) is 7.00. The van der Waals surface area contributed by atoms with Gasteiger partial charge in [-0.15, -0.1) is 11.3 Å². The fraction of sp³-hybridized carbons (Fsp3) is 0.318. The van der Waals surface area contributed by atoms with Crippen LogP contribution in [0.2, 0.25) is 0 Å². The minimum Gasteiger partial charge on any atom is -0.459 e. The molecule has 30 heavy (non-hydrogen) atoms. The van der Waals surface area contributed by atoms with Crippen LogP contribution < -0.4 is 16.0 Å². The molecule has 0 saturated heterocycles. The number of carbonyl (C=O) groups excluding carboxylic acids is 1. The lowest BCUT2D eigenvalue weighted by Crippen LogP contribution is -2.36. The van der Waals surface area contributed by atoms with E-state index in [9.17, 15) is 4.79 Å². The van der Waals surface area contributed by atoms with Crippen LogP contribution in [0.3, 0.4) is 0 Å². The minimum absolute atomic E-state index is 0.271. The molecule has 1 amide bonds. The van der Waals surface area contributed by atoms with Crippen molar-refractivity contribution in [2.75, 3.05) is 11.9 Å². The second kappa shape index (κ2) is 10.6. The second-order valence-corrected chi connectivity index (χ2v) is 7.94. The molecule has 0 unspecified atom stereocenters. The van der Waals surface area contributed by atoms with Crippen molar-refractivity contribution in [3.05, 3.63) is 70.1 Å². The molecule has 3 N–H and O–H groups in total. The molecule has 0 radical (unpaired) electrons. The number of carbonyl (C=O) groups is 1. The lowest BCUT2D eigenvalue weighted by Gasteiger charge is -2.10. The zero-order valence-electron chi connectivity index (χ0n) is 17.4. The van der Waals surface area contributed by atoms with Crippen molar-refractivity contribution < 1.29 is 9.21 Å². The van der Waals surface area contributed by atoms with Crippen LogP contribution in [0.25, 0.3) is 0 Å². The molecule has 0 spiro atoms. The van der Waals surface area contributed by atoms with E-state index in [4.69, 9.17) is 4.42 Å². The molecule has 7 nitrogen and oxygen atoms in total. The molecule has 3 aromatic rings. The van der Waals surface area contributed by atoms with Crippen LogP contribution in [0, 0.1) is 0 Å². The lowest BCUT2D eigenvalue weighted by atomic mass is 10.2. The van der Waals surface area contributed by atoms with Gasteiger partial charge in [-0.1, -0.05) is 26.0 Å². The number of thiazole rings is 1. The highest BCUT2D eigenvalue weighted by atomic mass is 32.1. The maximum absolute atomic E-state index is 12.0.